The van der Waals surface area contributed by atoms with Gasteiger partial charge in [0.05, 0.1) is 18.0 Å². The van der Waals surface area contributed by atoms with Crippen molar-refractivity contribution in [3.63, 3.8) is 0 Å². The third-order valence-electron chi connectivity index (χ3n) is 7.20. The van der Waals surface area contributed by atoms with Crippen LogP contribution in [0.4, 0.5) is 11.4 Å². The number of fused-ring (bicyclic) bond motifs is 2. The fraction of sp³-hybridized carbons (Fsp3) is 0.323. The highest BCUT2D eigenvalue weighted by Crippen LogP contribution is 2.35. The number of hydrogen-bond acceptors (Lipinski definition) is 4. The molecule has 6 heteroatoms. The van der Waals surface area contributed by atoms with E-state index in [0.29, 0.717) is 24.8 Å². The van der Waals surface area contributed by atoms with Crippen molar-refractivity contribution >= 4 is 28.2 Å². The Morgan fingerprint density at radius 3 is 2.84 bits per heavy atom. The largest absolute Gasteiger partial charge is 0.493 e. The molecule has 1 amide bonds. The van der Waals surface area contributed by atoms with Gasteiger partial charge in [0.25, 0.3) is 5.91 Å². The molecule has 0 fully saturated rings. The van der Waals surface area contributed by atoms with E-state index in [0.717, 1.165) is 65.1 Å². The van der Waals surface area contributed by atoms with E-state index in [-0.39, 0.29) is 5.91 Å². The zero-order valence-corrected chi connectivity index (χ0v) is 22.0. The maximum atomic E-state index is 13.9. The summed E-state index contributed by atoms with van der Waals surface area (Å²) < 4.78 is 6.35. The van der Waals surface area contributed by atoms with Crippen LogP contribution in [0.15, 0.2) is 72.9 Å². The molecule has 0 unspecified atom stereocenters. The highest BCUT2D eigenvalue weighted by molar-refractivity contribution is 6.08. The molecular weight excluding hydrogens is 460 g/mol. The molecule has 6 nitrogen and oxygen atoms in total. The number of H-pyrrole nitrogens is 1. The van der Waals surface area contributed by atoms with Crippen LogP contribution in [0.1, 0.15) is 37.0 Å². The number of carbonyl (C=O) groups is 1. The van der Waals surface area contributed by atoms with Crippen molar-refractivity contribution in [3.05, 3.63) is 78.5 Å². The monoisotopic (exact) mass is 496 g/mol. The van der Waals surface area contributed by atoms with Crippen molar-refractivity contribution in [1.29, 1.82) is 0 Å². The van der Waals surface area contributed by atoms with E-state index in [4.69, 9.17) is 4.74 Å². The lowest BCUT2D eigenvalue weighted by Crippen LogP contribution is -2.32. The number of aromatic amines is 1. The second kappa shape index (κ2) is 11.1. The summed E-state index contributed by atoms with van der Waals surface area (Å²) in [5, 5.41) is 4.69. The third kappa shape index (κ3) is 5.49. The molecule has 0 saturated carbocycles. The topological polar surface area (TPSA) is 60.6 Å². The predicted molar refractivity (Wildman–Crippen MR) is 153 cm³/mol. The van der Waals surface area contributed by atoms with E-state index in [2.05, 4.69) is 60.4 Å². The van der Waals surface area contributed by atoms with Gasteiger partial charge in [-0.05, 0) is 92.8 Å². The predicted octanol–water partition coefficient (Wildman–Crippen LogP) is 6.41. The average Bonchev–Trinajstić information content (AvgIpc) is 3.32. The van der Waals surface area contributed by atoms with E-state index in [1.54, 1.807) is 0 Å². The first kappa shape index (κ1) is 24.9. The molecule has 0 spiro atoms. The number of para-hydroxylation sites is 2. The van der Waals surface area contributed by atoms with Crippen LogP contribution in [0, 0.1) is 0 Å². The molecule has 1 aromatic heterocycles. The lowest BCUT2D eigenvalue weighted by atomic mass is 10.0. The van der Waals surface area contributed by atoms with Crippen molar-refractivity contribution in [2.75, 3.05) is 43.5 Å². The van der Waals surface area contributed by atoms with Crippen molar-refractivity contribution in [2.24, 2.45) is 0 Å². The van der Waals surface area contributed by atoms with Crippen molar-refractivity contribution in [2.45, 2.75) is 32.7 Å². The van der Waals surface area contributed by atoms with Gasteiger partial charge < -0.3 is 24.8 Å². The first-order chi connectivity index (χ1) is 18.0. The smallest absolute Gasteiger partial charge is 0.258 e. The number of anilines is 2. The number of benzene rings is 3. The fourth-order valence-corrected chi connectivity index (χ4v) is 4.89. The SMILES string of the molecule is CCN(C)CCCOc1cc(C(=O)N2CC[C@H](C)Nc3ccccc32)ccc1-c1ccc2[nH]ccc2c1. The number of carbonyl (C=O) groups excluding carboxylic acids is 1. The lowest BCUT2D eigenvalue weighted by molar-refractivity contribution is 0.0986. The molecule has 2 N–H and O–H groups in total. The van der Waals surface area contributed by atoms with Gasteiger partial charge in [0, 0.05) is 42.0 Å². The van der Waals surface area contributed by atoms with E-state index in [9.17, 15) is 4.79 Å². The van der Waals surface area contributed by atoms with Gasteiger partial charge in [-0.2, -0.15) is 0 Å². The van der Waals surface area contributed by atoms with Gasteiger partial charge in [0.1, 0.15) is 5.75 Å². The normalized spacial score (nSPS) is 15.4. The summed E-state index contributed by atoms with van der Waals surface area (Å²) in [4.78, 5) is 21.3. The second-order valence-corrected chi connectivity index (χ2v) is 9.90. The molecule has 4 aromatic rings. The van der Waals surface area contributed by atoms with Crippen LogP contribution in [0.3, 0.4) is 0 Å². The van der Waals surface area contributed by atoms with Crippen LogP contribution in [0.2, 0.25) is 0 Å². The minimum atomic E-state index is -0.00782. The third-order valence-corrected chi connectivity index (χ3v) is 7.20. The molecular formula is C31H36N4O2. The standard InChI is InChI=1S/C31H36N4O2/c1-4-34(3)17-7-19-37-30-21-25(10-12-26(30)23-11-13-27-24(20-23)14-16-32-27)31(36)35-18-15-22(2)33-28-8-5-6-9-29(28)35/h5-6,8-14,16,20-22,32-33H,4,7,15,17-19H2,1-3H3/t22-/m0/s1. The van der Waals surface area contributed by atoms with Gasteiger partial charge in [0.2, 0.25) is 0 Å². The Kier molecular flexibility index (Phi) is 7.47. The van der Waals surface area contributed by atoms with Crippen LogP contribution >= 0.6 is 0 Å². The minimum absolute atomic E-state index is 0.00782. The molecule has 0 radical (unpaired) electrons. The summed E-state index contributed by atoms with van der Waals surface area (Å²) in [7, 11) is 2.12. The average molecular weight is 497 g/mol. The molecule has 37 heavy (non-hydrogen) atoms. The molecule has 192 valence electrons. The Morgan fingerprint density at radius 2 is 1.97 bits per heavy atom. The summed E-state index contributed by atoms with van der Waals surface area (Å²) in [5.41, 5.74) is 5.72. The highest BCUT2D eigenvalue weighted by Gasteiger charge is 2.25. The Balaban J connectivity index is 1.47. The maximum absolute atomic E-state index is 13.9. The number of ether oxygens (including phenoxy) is 1. The number of nitrogens with one attached hydrogen (secondary N) is 2. The molecule has 3 aromatic carbocycles. The number of hydrogen-bond donors (Lipinski definition) is 2. The first-order valence-electron chi connectivity index (χ1n) is 13.2. The van der Waals surface area contributed by atoms with Gasteiger partial charge in [-0.15, -0.1) is 0 Å². The number of aromatic nitrogens is 1. The van der Waals surface area contributed by atoms with Crippen molar-refractivity contribution in [1.82, 2.24) is 9.88 Å². The highest BCUT2D eigenvalue weighted by atomic mass is 16.5. The van der Waals surface area contributed by atoms with Gasteiger partial charge in [-0.1, -0.05) is 25.1 Å². The number of nitrogens with zero attached hydrogens (tertiary/aromatic N) is 2. The van der Waals surface area contributed by atoms with Crippen LogP contribution in [-0.4, -0.2) is 55.1 Å². The molecule has 0 aliphatic carbocycles. The van der Waals surface area contributed by atoms with Gasteiger partial charge >= 0.3 is 0 Å². The fourth-order valence-electron chi connectivity index (χ4n) is 4.89. The van der Waals surface area contributed by atoms with E-state index < -0.39 is 0 Å². The summed E-state index contributed by atoms with van der Waals surface area (Å²) in [6.45, 7) is 7.54. The summed E-state index contributed by atoms with van der Waals surface area (Å²) in [6.07, 6.45) is 3.75. The van der Waals surface area contributed by atoms with Gasteiger partial charge in [0.15, 0.2) is 0 Å². The second-order valence-electron chi connectivity index (χ2n) is 9.90. The summed E-state index contributed by atoms with van der Waals surface area (Å²) >= 11 is 0. The molecule has 1 aliphatic rings. The Labute approximate surface area is 219 Å². The Morgan fingerprint density at radius 1 is 1.11 bits per heavy atom. The molecule has 0 bridgehead atoms. The molecule has 1 atom stereocenters. The van der Waals surface area contributed by atoms with Crippen LogP contribution in [0.5, 0.6) is 5.75 Å². The maximum Gasteiger partial charge on any atom is 0.258 e. The zero-order chi connectivity index (χ0) is 25.8. The van der Waals surface area contributed by atoms with Gasteiger partial charge in [-0.25, -0.2) is 0 Å². The van der Waals surface area contributed by atoms with Crippen LogP contribution < -0.4 is 15.0 Å². The minimum Gasteiger partial charge on any atom is -0.493 e. The van der Waals surface area contributed by atoms with E-state index in [1.807, 2.05) is 53.6 Å². The van der Waals surface area contributed by atoms with Crippen LogP contribution in [-0.2, 0) is 0 Å². The van der Waals surface area contributed by atoms with Crippen molar-refractivity contribution in [3.8, 4) is 16.9 Å². The Bertz CT molecular complexity index is 1380. The van der Waals surface area contributed by atoms with Crippen molar-refractivity contribution < 1.29 is 9.53 Å². The number of rotatable bonds is 8. The van der Waals surface area contributed by atoms with E-state index >= 15 is 0 Å². The molecule has 1 aliphatic heterocycles. The molecule has 0 saturated heterocycles. The summed E-state index contributed by atoms with van der Waals surface area (Å²) in [6, 6.07) is 22.7. The first-order valence-corrected chi connectivity index (χ1v) is 13.2. The van der Waals surface area contributed by atoms with E-state index in [1.165, 1.54) is 0 Å². The molecule has 2 heterocycles. The lowest BCUT2D eigenvalue weighted by Gasteiger charge is -2.23. The summed E-state index contributed by atoms with van der Waals surface area (Å²) in [5.74, 6) is 0.737. The number of amides is 1. The molecule has 5 rings (SSSR count). The van der Waals surface area contributed by atoms with Gasteiger partial charge in [-0.3, -0.25) is 4.79 Å². The van der Waals surface area contributed by atoms with Crippen LogP contribution in [0.25, 0.3) is 22.0 Å². The zero-order valence-electron chi connectivity index (χ0n) is 22.0. The quantitative estimate of drug-likeness (QED) is 0.277. The Hall–Kier alpha value is -3.77.